The number of piperazine rings is 1. The highest BCUT2D eigenvalue weighted by Gasteiger charge is 2.34. The van der Waals surface area contributed by atoms with E-state index in [1.807, 2.05) is 17.0 Å². The lowest BCUT2D eigenvalue weighted by Crippen LogP contribution is -2.54. The number of hydrogen-bond donors (Lipinski definition) is 0. The highest BCUT2D eigenvalue weighted by molar-refractivity contribution is 5.90. The van der Waals surface area contributed by atoms with Crippen LogP contribution in [0.4, 0.5) is 5.82 Å². The molecule has 2 aromatic carbocycles. The molecule has 37 heavy (non-hydrogen) atoms. The van der Waals surface area contributed by atoms with E-state index in [0.29, 0.717) is 44.1 Å². The van der Waals surface area contributed by atoms with Crippen molar-refractivity contribution in [3.05, 3.63) is 53.2 Å². The van der Waals surface area contributed by atoms with Crippen molar-refractivity contribution in [3.63, 3.8) is 0 Å². The number of benzene rings is 2. The first-order valence-corrected chi connectivity index (χ1v) is 13.0. The van der Waals surface area contributed by atoms with Gasteiger partial charge in [-0.05, 0) is 66.8 Å². The van der Waals surface area contributed by atoms with E-state index in [1.165, 1.54) is 0 Å². The van der Waals surface area contributed by atoms with E-state index >= 15 is 0 Å². The topological polar surface area (TPSA) is 78.7 Å². The van der Waals surface area contributed by atoms with Gasteiger partial charge in [0.1, 0.15) is 17.6 Å². The Hall–Kier alpha value is -3.63. The lowest BCUT2D eigenvalue weighted by Gasteiger charge is -2.41. The third-order valence-corrected chi connectivity index (χ3v) is 7.64. The van der Waals surface area contributed by atoms with Gasteiger partial charge in [0.25, 0.3) is 0 Å². The monoisotopic (exact) mass is 498 g/mol. The average molecular weight is 499 g/mol. The van der Waals surface area contributed by atoms with Crippen LogP contribution in [0.25, 0.3) is 21.9 Å². The second-order valence-corrected chi connectivity index (χ2v) is 10.1. The number of aromatic nitrogens is 1. The van der Waals surface area contributed by atoms with Crippen LogP contribution in [-0.2, 0) is 9.53 Å². The SMILES string of the molecule is COCCC(=O)N1CCN(c2nc(C3CC3)c(-c3ccc4cc(OC)ccc4c3)c(C)c2C#N)CC1C. The van der Waals surface area contributed by atoms with Crippen molar-refractivity contribution in [1.82, 2.24) is 9.88 Å². The lowest BCUT2D eigenvalue weighted by atomic mass is 9.92. The van der Waals surface area contributed by atoms with Crippen LogP contribution >= 0.6 is 0 Å². The molecule has 5 rings (SSSR count). The summed E-state index contributed by atoms with van der Waals surface area (Å²) in [6.07, 6.45) is 2.63. The molecule has 7 heteroatoms. The Morgan fingerprint density at radius 3 is 2.57 bits per heavy atom. The molecule has 1 aromatic heterocycles. The third kappa shape index (κ3) is 4.86. The molecule has 1 saturated heterocycles. The lowest BCUT2D eigenvalue weighted by molar-refractivity contribution is -0.134. The van der Waals surface area contributed by atoms with Gasteiger partial charge in [0.05, 0.1) is 31.4 Å². The van der Waals surface area contributed by atoms with Crippen molar-refractivity contribution >= 4 is 22.5 Å². The molecule has 0 radical (unpaired) electrons. The van der Waals surface area contributed by atoms with E-state index in [0.717, 1.165) is 57.6 Å². The molecule has 1 saturated carbocycles. The van der Waals surface area contributed by atoms with Crippen LogP contribution < -0.4 is 9.64 Å². The van der Waals surface area contributed by atoms with Gasteiger partial charge in [0.2, 0.25) is 5.91 Å². The van der Waals surface area contributed by atoms with Crippen molar-refractivity contribution in [2.24, 2.45) is 0 Å². The quantitative estimate of drug-likeness (QED) is 0.454. The summed E-state index contributed by atoms with van der Waals surface area (Å²) < 4.78 is 10.5. The molecule has 1 aliphatic carbocycles. The highest BCUT2D eigenvalue weighted by Crippen LogP contribution is 2.47. The fraction of sp³-hybridized carbons (Fsp3) is 0.433. The Balaban J connectivity index is 1.51. The zero-order valence-electron chi connectivity index (χ0n) is 22.1. The van der Waals surface area contributed by atoms with Crippen molar-refractivity contribution in [2.45, 2.75) is 45.1 Å². The number of pyridine rings is 1. The molecule has 1 atom stereocenters. The fourth-order valence-corrected chi connectivity index (χ4v) is 5.45. The molecule has 192 valence electrons. The minimum Gasteiger partial charge on any atom is -0.497 e. The van der Waals surface area contributed by atoms with Crippen LogP contribution in [0.3, 0.4) is 0 Å². The number of rotatable bonds is 7. The van der Waals surface area contributed by atoms with Gasteiger partial charge in [-0.1, -0.05) is 18.2 Å². The Kier molecular flexibility index (Phi) is 7.03. The summed E-state index contributed by atoms with van der Waals surface area (Å²) in [5.74, 6) is 2.12. The van der Waals surface area contributed by atoms with E-state index in [-0.39, 0.29) is 11.9 Å². The van der Waals surface area contributed by atoms with Gasteiger partial charge < -0.3 is 19.3 Å². The maximum Gasteiger partial charge on any atom is 0.225 e. The molecule has 7 nitrogen and oxygen atoms in total. The van der Waals surface area contributed by atoms with Crippen molar-refractivity contribution < 1.29 is 14.3 Å². The van der Waals surface area contributed by atoms with Crippen LogP contribution in [0, 0.1) is 18.3 Å². The number of nitriles is 1. The summed E-state index contributed by atoms with van der Waals surface area (Å²) in [6.45, 7) is 6.48. The molecule has 2 heterocycles. The fourth-order valence-electron chi connectivity index (χ4n) is 5.45. The number of ether oxygens (including phenoxy) is 2. The second kappa shape index (κ2) is 10.4. The summed E-state index contributed by atoms with van der Waals surface area (Å²) >= 11 is 0. The van der Waals surface area contributed by atoms with Crippen molar-refractivity contribution in [1.29, 1.82) is 5.26 Å². The number of anilines is 1. The zero-order chi connectivity index (χ0) is 26.1. The standard InChI is InChI=1S/C30H34N4O3/c1-19-18-33(12-13-34(19)27(35)11-14-36-3)30-26(17-31)20(2)28(29(32-30)21-5-6-21)24-8-7-23-16-25(37-4)10-9-22(23)15-24/h7-10,15-16,19,21H,5-6,11-14,18H2,1-4H3. The van der Waals surface area contributed by atoms with E-state index in [1.54, 1.807) is 14.2 Å². The Morgan fingerprint density at radius 1 is 1.14 bits per heavy atom. The number of carbonyl (C=O) groups is 1. The van der Waals surface area contributed by atoms with E-state index in [2.05, 4.69) is 49.1 Å². The first-order valence-electron chi connectivity index (χ1n) is 13.0. The predicted molar refractivity (Wildman–Crippen MR) is 145 cm³/mol. The maximum atomic E-state index is 12.6. The number of carbonyl (C=O) groups excluding carboxylic acids is 1. The largest absolute Gasteiger partial charge is 0.497 e. The van der Waals surface area contributed by atoms with Crippen LogP contribution in [-0.4, -0.2) is 62.3 Å². The van der Waals surface area contributed by atoms with Crippen LogP contribution in [0.2, 0.25) is 0 Å². The Labute approximate surface area is 218 Å². The molecule has 0 N–H and O–H groups in total. The number of methoxy groups -OCH3 is 2. The van der Waals surface area contributed by atoms with Gasteiger partial charge in [0.15, 0.2) is 0 Å². The number of hydrogen-bond acceptors (Lipinski definition) is 6. The molecule has 0 spiro atoms. The van der Waals surface area contributed by atoms with E-state index in [9.17, 15) is 10.1 Å². The summed E-state index contributed by atoms with van der Waals surface area (Å²) in [5, 5.41) is 12.5. The summed E-state index contributed by atoms with van der Waals surface area (Å²) in [6, 6.07) is 15.0. The Bertz CT molecular complexity index is 1380. The van der Waals surface area contributed by atoms with Gasteiger partial charge in [0, 0.05) is 44.3 Å². The summed E-state index contributed by atoms with van der Waals surface area (Å²) in [5.41, 5.74) is 4.87. The van der Waals surface area contributed by atoms with Gasteiger partial charge in [-0.15, -0.1) is 0 Å². The predicted octanol–water partition coefficient (Wildman–Crippen LogP) is 5.04. The normalized spacial score (nSPS) is 17.6. The molecule has 1 amide bonds. The van der Waals surface area contributed by atoms with E-state index in [4.69, 9.17) is 14.5 Å². The summed E-state index contributed by atoms with van der Waals surface area (Å²) in [4.78, 5) is 21.9. The molecule has 0 bridgehead atoms. The first kappa shape index (κ1) is 25.0. The van der Waals surface area contributed by atoms with E-state index < -0.39 is 0 Å². The minimum atomic E-state index is 0.0354. The number of fused-ring (bicyclic) bond motifs is 1. The minimum absolute atomic E-state index is 0.0354. The zero-order valence-corrected chi connectivity index (χ0v) is 22.1. The highest BCUT2D eigenvalue weighted by atomic mass is 16.5. The van der Waals surface area contributed by atoms with Crippen molar-refractivity contribution in [2.75, 3.05) is 45.4 Å². The van der Waals surface area contributed by atoms with Crippen LogP contribution in [0.1, 0.15) is 48.9 Å². The van der Waals surface area contributed by atoms with Gasteiger partial charge in [-0.25, -0.2) is 4.98 Å². The molecular formula is C30H34N4O3. The van der Waals surface area contributed by atoms with Crippen LogP contribution in [0.5, 0.6) is 5.75 Å². The molecule has 3 aromatic rings. The van der Waals surface area contributed by atoms with Gasteiger partial charge in [-0.3, -0.25) is 4.79 Å². The van der Waals surface area contributed by atoms with Gasteiger partial charge >= 0.3 is 0 Å². The Morgan fingerprint density at radius 2 is 1.89 bits per heavy atom. The number of amides is 1. The number of nitrogens with zero attached hydrogens (tertiary/aromatic N) is 4. The second-order valence-electron chi connectivity index (χ2n) is 10.1. The smallest absolute Gasteiger partial charge is 0.225 e. The van der Waals surface area contributed by atoms with Crippen LogP contribution in [0.15, 0.2) is 36.4 Å². The average Bonchev–Trinajstić information content (AvgIpc) is 3.76. The molecule has 2 aliphatic rings. The third-order valence-electron chi connectivity index (χ3n) is 7.64. The molecular weight excluding hydrogens is 464 g/mol. The molecule has 1 unspecified atom stereocenters. The summed E-state index contributed by atoms with van der Waals surface area (Å²) in [7, 11) is 3.29. The van der Waals surface area contributed by atoms with Gasteiger partial charge in [-0.2, -0.15) is 5.26 Å². The first-order chi connectivity index (χ1) is 17.9. The molecule has 2 fully saturated rings. The molecule has 1 aliphatic heterocycles. The maximum absolute atomic E-state index is 12.6. The van der Waals surface area contributed by atoms with Crippen molar-refractivity contribution in [3.8, 4) is 22.9 Å².